The Morgan fingerprint density at radius 1 is 0.935 bits per heavy atom. The van der Waals surface area contributed by atoms with Gasteiger partial charge in [-0.3, -0.25) is 9.59 Å². The largest absolute Gasteiger partial charge is 0.504 e. The van der Waals surface area contributed by atoms with Gasteiger partial charge in [-0.2, -0.15) is 0 Å². The first-order chi connectivity index (χ1) is 15.0. The van der Waals surface area contributed by atoms with E-state index in [4.69, 9.17) is 9.15 Å². The summed E-state index contributed by atoms with van der Waals surface area (Å²) < 4.78 is 12.2. The van der Waals surface area contributed by atoms with Gasteiger partial charge >= 0.3 is 5.97 Å². The highest BCUT2D eigenvalue weighted by atomic mass is 79.9. The molecule has 4 aromatic rings. The van der Waals surface area contributed by atoms with Crippen LogP contribution in [0.2, 0.25) is 0 Å². The summed E-state index contributed by atoms with van der Waals surface area (Å²) in [5, 5.41) is 21.0. The number of rotatable bonds is 2. The number of aromatic hydroxyl groups is 2. The van der Waals surface area contributed by atoms with Gasteiger partial charge in [0.15, 0.2) is 16.9 Å². The van der Waals surface area contributed by atoms with Crippen molar-refractivity contribution in [1.29, 1.82) is 0 Å². The molecule has 0 saturated heterocycles. The molecule has 5 rings (SSSR count). The van der Waals surface area contributed by atoms with E-state index in [0.29, 0.717) is 16.9 Å². The molecule has 0 fully saturated rings. The van der Waals surface area contributed by atoms with Crippen molar-refractivity contribution in [2.75, 3.05) is 0 Å². The predicted octanol–water partition coefficient (Wildman–Crippen LogP) is 5.07. The zero-order chi connectivity index (χ0) is 21.7. The molecule has 31 heavy (non-hydrogen) atoms. The summed E-state index contributed by atoms with van der Waals surface area (Å²) in [6, 6.07) is 17.7. The molecule has 0 amide bonds. The van der Waals surface area contributed by atoms with E-state index in [2.05, 4.69) is 15.9 Å². The highest BCUT2D eigenvalue weighted by Crippen LogP contribution is 2.52. The number of esters is 1. The predicted molar refractivity (Wildman–Crippen MR) is 117 cm³/mol. The molecule has 3 aromatic carbocycles. The number of phenols is 2. The average Bonchev–Trinajstić information content (AvgIpc) is 2.77. The van der Waals surface area contributed by atoms with Gasteiger partial charge in [-0.1, -0.05) is 64.5 Å². The van der Waals surface area contributed by atoms with E-state index in [-0.39, 0.29) is 23.1 Å². The molecular formula is C24H15BrO6. The summed E-state index contributed by atoms with van der Waals surface area (Å²) in [5.74, 6) is -2.36. The summed E-state index contributed by atoms with van der Waals surface area (Å²) in [4.78, 5) is 25.3. The number of carbonyl (C=O) groups excluding carboxylic acids is 1. The number of hydrogen-bond acceptors (Lipinski definition) is 6. The van der Waals surface area contributed by atoms with Crippen LogP contribution in [0.1, 0.15) is 23.5 Å². The molecule has 7 heteroatoms. The second kappa shape index (κ2) is 7.28. The van der Waals surface area contributed by atoms with Crippen molar-refractivity contribution in [3.05, 3.63) is 86.5 Å². The highest BCUT2D eigenvalue weighted by Gasteiger charge is 2.37. The van der Waals surface area contributed by atoms with Crippen LogP contribution >= 0.6 is 15.9 Å². The van der Waals surface area contributed by atoms with Crippen molar-refractivity contribution in [1.82, 2.24) is 0 Å². The number of carbonyl (C=O) groups is 1. The van der Waals surface area contributed by atoms with Crippen molar-refractivity contribution < 1.29 is 24.2 Å². The Morgan fingerprint density at radius 2 is 1.65 bits per heavy atom. The zero-order valence-electron chi connectivity index (χ0n) is 16.0. The molecule has 0 spiro atoms. The van der Waals surface area contributed by atoms with Crippen molar-refractivity contribution in [2.45, 2.75) is 12.3 Å². The van der Waals surface area contributed by atoms with Gasteiger partial charge in [0.05, 0.1) is 12.0 Å². The fourth-order valence-electron chi connectivity index (χ4n) is 3.98. The normalized spacial score (nSPS) is 15.5. The summed E-state index contributed by atoms with van der Waals surface area (Å²) in [6.07, 6.45) is -0.0196. The molecule has 2 N–H and O–H groups in total. The van der Waals surface area contributed by atoms with Crippen LogP contribution in [0.15, 0.2) is 74.3 Å². The monoisotopic (exact) mass is 478 g/mol. The third kappa shape index (κ3) is 3.09. The average molecular weight is 479 g/mol. The maximum absolute atomic E-state index is 13.0. The highest BCUT2D eigenvalue weighted by molar-refractivity contribution is 9.10. The van der Waals surface area contributed by atoms with Gasteiger partial charge in [-0.15, -0.1) is 0 Å². The van der Waals surface area contributed by atoms with Gasteiger partial charge in [0, 0.05) is 22.0 Å². The number of ether oxygens (including phenoxy) is 1. The SMILES string of the molecule is O=C1C[C@H](c2ccccc2Br)c2c(c(O)c(O)c3c(=O)cc(-c4ccccc4)oc23)O1. The summed E-state index contributed by atoms with van der Waals surface area (Å²) >= 11 is 3.51. The molecule has 6 nitrogen and oxygen atoms in total. The van der Waals surface area contributed by atoms with Gasteiger partial charge < -0.3 is 19.4 Å². The minimum absolute atomic E-state index is 0.0196. The van der Waals surface area contributed by atoms with Gasteiger partial charge in [0.25, 0.3) is 0 Å². The molecule has 154 valence electrons. The summed E-state index contributed by atoms with van der Waals surface area (Å²) in [7, 11) is 0. The summed E-state index contributed by atoms with van der Waals surface area (Å²) in [6.45, 7) is 0. The smallest absolute Gasteiger partial charge is 0.312 e. The Bertz CT molecular complexity index is 1410. The fraction of sp³-hybridized carbons (Fsp3) is 0.0833. The van der Waals surface area contributed by atoms with E-state index in [9.17, 15) is 19.8 Å². The maximum atomic E-state index is 13.0. The molecule has 1 aliphatic rings. The van der Waals surface area contributed by atoms with E-state index >= 15 is 0 Å². The second-order valence-corrected chi connectivity index (χ2v) is 8.09. The third-order valence-corrected chi connectivity index (χ3v) is 6.11. The van der Waals surface area contributed by atoms with Crippen molar-refractivity contribution >= 4 is 32.9 Å². The van der Waals surface area contributed by atoms with Crippen LogP contribution in [-0.4, -0.2) is 16.2 Å². The molecule has 1 aliphatic heterocycles. The first-order valence-electron chi connectivity index (χ1n) is 9.52. The lowest BCUT2D eigenvalue weighted by Crippen LogP contribution is -2.22. The number of hydrogen-bond donors (Lipinski definition) is 2. The standard InChI is InChI=1S/C24H15BrO6/c25-15-9-5-4-8-13(15)14-10-18(27)31-24-19(14)23-20(21(28)22(24)29)16(26)11-17(30-23)12-6-2-1-3-7-12/h1-9,11,14,28-29H,10H2/t14-/m1/s1. The molecule has 0 saturated carbocycles. The van der Waals surface area contributed by atoms with Gasteiger partial charge in [-0.25, -0.2) is 0 Å². The Kier molecular flexibility index (Phi) is 4.55. The van der Waals surface area contributed by atoms with E-state index in [1.54, 1.807) is 12.1 Å². The van der Waals surface area contributed by atoms with E-state index < -0.39 is 28.8 Å². The van der Waals surface area contributed by atoms with Crippen molar-refractivity contribution in [2.24, 2.45) is 0 Å². The lowest BCUT2D eigenvalue weighted by molar-refractivity contribution is -0.135. The second-order valence-electron chi connectivity index (χ2n) is 7.24. The van der Waals surface area contributed by atoms with Crippen LogP contribution in [0, 0.1) is 0 Å². The lowest BCUT2D eigenvalue weighted by Gasteiger charge is -2.27. The van der Waals surface area contributed by atoms with E-state index in [1.807, 2.05) is 42.5 Å². The zero-order valence-corrected chi connectivity index (χ0v) is 17.5. The number of halogens is 1. The first-order valence-corrected chi connectivity index (χ1v) is 10.3. The quantitative estimate of drug-likeness (QED) is 0.237. The van der Waals surface area contributed by atoms with Crippen LogP contribution in [0.3, 0.4) is 0 Å². The van der Waals surface area contributed by atoms with Gasteiger partial charge in [0.1, 0.15) is 16.7 Å². The van der Waals surface area contributed by atoms with Crippen LogP contribution < -0.4 is 10.2 Å². The molecule has 0 aliphatic carbocycles. The molecule has 0 unspecified atom stereocenters. The Labute approximate surface area is 184 Å². The molecule has 1 aromatic heterocycles. The van der Waals surface area contributed by atoms with Crippen LogP contribution in [-0.2, 0) is 4.79 Å². The first kappa shape index (κ1) is 19.4. The topological polar surface area (TPSA) is 97.0 Å². The van der Waals surface area contributed by atoms with E-state index in [1.165, 1.54) is 6.07 Å². The minimum atomic E-state index is -0.678. The van der Waals surface area contributed by atoms with Gasteiger partial charge in [-0.05, 0) is 11.6 Å². The number of fused-ring (bicyclic) bond motifs is 3. The third-order valence-electron chi connectivity index (χ3n) is 5.39. The molecule has 2 heterocycles. The fourth-order valence-corrected chi connectivity index (χ4v) is 4.54. The molecule has 0 radical (unpaired) electrons. The van der Waals surface area contributed by atoms with Crippen LogP contribution in [0.4, 0.5) is 0 Å². The van der Waals surface area contributed by atoms with E-state index in [0.717, 1.165) is 10.0 Å². The lowest BCUT2D eigenvalue weighted by atomic mass is 9.84. The van der Waals surface area contributed by atoms with Crippen LogP contribution in [0.25, 0.3) is 22.3 Å². The maximum Gasteiger partial charge on any atom is 0.312 e. The number of phenolic OH excluding ortho intramolecular Hbond substituents is 2. The molecular weight excluding hydrogens is 464 g/mol. The minimum Gasteiger partial charge on any atom is -0.504 e. The van der Waals surface area contributed by atoms with Crippen molar-refractivity contribution in [3.63, 3.8) is 0 Å². The summed E-state index contributed by atoms with van der Waals surface area (Å²) in [5.41, 5.74) is 1.34. The Balaban J connectivity index is 1.90. The molecule has 1 atom stereocenters. The Morgan fingerprint density at radius 3 is 2.39 bits per heavy atom. The molecule has 0 bridgehead atoms. The van der Waals surface area contributed by atoms with Crippen LogP contribution in [0.5, 0.6) is 17.2 Å². The number of benzene rings is 3. The Hall–Kier alpha value is -3.58. The van der Waals surface area contributed by atoms with Gasteiger partial charge in [0.2, 0.25) is 5.75 Å². The van der Waals surface area contributed by atoms with Crippen molar-refractivity contribution in [3.8, 4) is 28.6 Å².